The number of aryl methyl sites for hydroxylation is 2. The molecule has 2 N–H and O–H groups in total. The van der Waals surface area contributed by atoms with E-state index in [9.17, 15) is 14.4 Å². The van der Waals surface area contributed by atoms with Crippen LogP contribution >= 0.6 is 0 Å². The molecule has 1 aliphatic heterocycles. The molecule has 1 aromatic carbocycles. The maximum absolute atomic E-state index is 13.2. The monoisotopic (exact) mass is 453 g/mol. The highest BCUT2D eigenvalue weighted by atomic mass is 16.5. The number of likely N-dealkylation sites (tertiary alicyclic amines) is 1. The van der Waals surface area contributed by atoms with E-state index in [2.05, 4.69) is 22.4 Å². The lowest BCUT2D eigenvalue weighted by Crippen LogP contribution is -2.45. The number of aromatic amines is 1. The number of benzene rings is 1. The fraction of sp³-hybridized carbons (Fsp3) is 0.500. The van der Waals surface area contributed by atoms with Crippen LogP contribution in [0.3, 0.4) is 0 Å². The molecule has 0 aliphatic carbocycles. The average molecular weight is 454 g/mol. The fourth-order valence-corrected chi connectivity index (χ4v) is 4.37. The summed E-state index contributed by atoms with van der Waals surface area (Å²) in [6.45, 7) is 8.71. The molecule has 0 saturated carbocycles. The number of aromatic nitrogens is 1. The van der Waals surface area contributed by atoms with Crippen molar-refractivity contribution in [2.75, 3.05) is 19.6 Å². The van der Waals surface area contributed by atoms with Gasteiger partial charge in [-0.05, 0) is 64.5 Å². The van der Waals surface area contributed by atoms with E-state index in [1.807, 2.05) is 18.2 Å². The summed E-state index contributed by atoms with van der Waals surface area (Å²) in [4.78, 5) is 43.2. The fourth-order valence-electron chi connectivity index (χ4n) is 4.37. The summed E-state index contributed by atoms with van der Waals surface area (Å²) >= 11 is 0. The van der Waals surface area contributed by atoms with Gasteiger partial charge in [0, 0.05) is 25.3 Å². The first-order chi connectivity index (χ1) is 15.8. The number of nitrogens with zero attached hydrogens (tertiary/aromatic N) is 1. The van der Waals surface area contributed by atoms with Crippen molar-refractivity contribution in [1.82, 2.24) is 15.2 Å². The Morgan fingerprint density at radius 1 is 1.18 bits per heavy atom. The molecule has 1 atom stereocenters. The number of carbonyl (C=O) groups excluding carboxylic acids is 3. The number of rotatable bonds is 8. The predicted octanol–water partition coefficient (Wildman–Crippen LogP) is 3.80. The smallest absolute Gasteiger partial charge is 0.340 e. The van der Waals surface area contributed by atoms with Crippen molar-refractivity contribution in [3.05, 3.63) is 58.4 Å². The van der Waals surface area contributed by atoms with Crippen molar-refractivity contribution < 1.29 is 19.1 Å². The molecule has 0 spiro atoms. The summed E-state index contributed by atoms with van der Waals surface area (Å²) in [6, 6.07) is 10.2. The molecule has 2 aromatic rings. The van der Waals surface area contributed by atoms with Crippen LogP contribution in [0, 0.1) is 19.8 Å². The van der Waals surface area contributed by atoms with Gasteiger partial charge in [0.05, 0.1) is 17.6 Å². The van der Waals surface area contributed by atoms with Gasteiger partial charge in [-0.2, -0.15) is 0 Å². The third-order valence-electron chi connectivity index (χ3n) is 6.06. The molecule has 2 amide bonds. The lowest BCUT2D eigenvalue weighted by Gasteiger charge is -2.32. The van der Waals surface area contributed by atoms with Gasteiger partial charge in [-0.1, -0.05) is 30.3 Å². The van der Waals surface area contributed by atoms with Crippen LogP contribution in [-0.4, -0.2) is 53.4 Å². The molecule has 7 nitrogen and oxygen atoms in total. The van der Waals surface area contributed by atoms with Crippen LogP contribution in [0.5, 0.6) is 0 Å². The molecule has 1 aliphatic rings. The second-order valence-corrected chi connectivity index (χ2v) is 9.05. The maximum atomic E-state index is 13.2. The number of piperidine rings is 1. The first-order valence-corrected chi connectivity index (χ1v) is 11.8. The van der Waals surface area contributed by atoms with Crippen molar-refractivity contribution in [1.29, 1.82) is 0 Å². The normalized spacial score (nSPS) is 16.0. The van der Waals surface area contributed by atoms with E-state index in [4.69, 9.17) is 4.74 Å². The zero-order valence-electron chi connectivity index (χ0n) is 20.1. The van der Waals surface area contributed by atoms with Gasteiger partial charge in [0.25, 0.3) is 5.91 Å². The highest BCUT2D eigenvalue weighted by Gasteiger charge is 2.31. The van der Waals surface area contributed by atoms with Gasteiger partial charge in [0.15, 0.2) is 0 Å². The number of amides is 2. The van der Waals surface area contributed by atoms with E-state index in [-0.39, 0.29) is 23.8 Å². The third-order valence-corrected chi connectivity index (χ3v) is 6.06. The number of hydrogen-bond donors (Lipinski definition) is 2. The largest absolute Gasteiger partial charge is 0.459 e. The SMILES string of the molecule is Cc1[nH]c(C(=O)N2CCCC(C(=O)NCCCc3ccccc3)C2)c(C)c1C(=O)OC(C)C. The van der Waals surface area contributed by atoms with E-state index in [0.717, 1.165) is 25.7 Å². The standard InChI is InChI=1S/C26H35N3O4/c1-17(2)33-26(32)22-18(3)23(28-19(22)4)25(31)29-15-9-13-21(16-29)24(30)27-14-8-12-20-10-6-5-7-11-20/h5-7,10-11,17,21,28H,8-9,12-16H2,1-4H3,(H,27,30). The van der Waals surface area contributed by atoms with E-state index in [1.165, 1.54) is 5.56 Å². The van der Waals surface area contributed by atoms with Gasteiger partial charge in [0.2, 0.25) is 5.91 Å². The zero-order chi connectivity index (χ0) is 24.0. The van der Waals surface area contributed by atoms with Gasteiger partial charge in [0.1, 0.15) is 5.69 Å². The zero-order valence-corrected chi connectivity index (χ0v) is 20.1. The van der Waals surface area contributed by atoms with Crippen LogP contribution in [0.1, 0.15) is 70.8 Å². The van der Waals surface area contributed by atoms with Crippen LogP contribution < -0.4 is 5.32 Å². The Hall–Kier alpha value is -3.09. The summed E-state index contributed by atoms with van der Waals surface area (Å²) in [5.41, 5.74) is 3.28. The maximum Gasteiger partial charge on any atom is 0.340 e. The molecule has 3 rings (SSSR count). The quantitative estimate of drug-likeness (QED) is 0.470. The van der Waals surface area contributed by atoms with Gasteiger partial charge in [-0.15, -0.1) is 0 Å². The lowest BCUT2D eigenvalue weighted by atomic mass is 9.96. The highest BCUT2D eigenvalue weighted by Crippen LogP contribution is 2.24. The Morgan fingerprint density at radius 2 is 1.91 bits per heavy atom. The molecular weight excluding hydrogens is 418 g/mol. The van der Waals surface area contributed by atoms with Crippen molar-refractivity contribution in [2.24, 2.45) is 5.92 Å². The molecule has 1 fully saturated rings. The van der Waals surface area contributed by atoms with E-state index >= 15 is 0 Å². The minimum absolute atomic E-state index is 0.00106. The number of ether oxygens (including phenoxy) is 1. The second-order valence-electron chi connectivity index (χ2n) is 9.05. The Balaban J connectivity index is 1.57. The van der Waals surface area contributed by atoms with Gasteiger partial charge in [-0.25, -0.2) is 4.79 Å². The van der Waals surface area contributed by atoms with Crippen LogP contribution in [0.2, 0.25) is 0 Å². The lowest BCUT2D eigenvalue weighted by molar-refractivity contribution is -0.126. The minimum atomic E-state index is -0.429. The van der Waals surface area contributed by atoms with Crippen LogP contribution in [0.4, 0.5) is 0 Å². The molecule has 33 heavy (non-hydrogen) atoms. The topological polar surface area (TPSA) is 91.5 Å². The van der Waals surface area contributed by atoms with Gasteiger partial charge < -0.3 is 19.9 Å². The molecule has 0 bridgehead atoms. The number of carbonyl (C=O) groups is 3. The molecule has 2 heterocycles. The summed E-state index contributed by atoms with van der Waals surface area (Å²) in [7, 11) is 0. The second kappa shape index (κ2) is 11.2. The Morgan fingerprint density at radius 3 is 2.61 bits per heavy atom. The molecule has 178 valence electrons. The number of hydrogen-bond acceptors (Lipinski definition) is 4. The molecule has 0 radical (unpaired) electrons. The molecular formula is C26H35N3O4. The van der Waals surface area contributed by atoms with E-state index in [0.29, 0.717) is 42.1 Å². The van der Waals surface area contributed by atoms with Gasteiger partial charge >= 0.3 is 5.97 Å². The molecule has 1 unspecified atom stereocenters. The summed E-state index contributed by atoms with van der Waals surface area (Å²) in [5.74, 6) is -0.829. The first kappa shape index (κ1) is 24.6. The van der Waals surface area contributed by atoms with Crippen molar-refractivity contribution >= 4 is 17.8 Å². The third kappa shape index (κ3) is 6.24. The van der Waals surface area contributed by atoms with E-state index in [1.54, 1.807) is 32.6 Å². The molecule has 7 heteroatoms. The summed E-state index contributed by atoms with van der Waals surface area (Å²) in [6.07, 6.45) is 3.10. The van der Waals surface area contributed by atoms with E-state index < -0.39 is 5.97 Å². The summed E-state index contributed by atoms with van der Waals surface area (Å²) in [5, 5.41) is 3.03. The first-order valence-electron chi connectivity index (χ1n) is 11.8. The number of esters is 1. The predicted molar refractivity (Wildman–Crippen MR) is 127 cm³/mol. The van der Waals surface area contributed by atoms with Gasteiger partial charge in [-0.3, -0.25) is 9.59 Å². The number of H-pyrrole nitrogens is 1. The molecule has 1 saturated heterocycles. The summed E-state index contributed by atoms with van der Waals surface area (Å²) < 4.78 is 5.32. The highest BCUT2D eigenvalue weighted by molar-refractivity contribution is 6.00. The Bertz CT molecular complexity index is 981. The average Bonchev–Trinajstić information content (AvgIpc) is 3.10. The molecule has 1 aromatic heterocycles. The minimum Gasteiger partial charge on any atom is -0.459 e. The van der Waals surface area contributed by atoms with Crippen LogP contribution in [0.15, 0.2) is 30.3 Å². The Labute approximate surface area is 195 Å². The van der Waals surface area contributed by atoms with Crippen molar-refractivity contribution in [3.63, 3.8) is 0 Å². The van der Waals surface area contributed by atoms with Crippen LogP contribution in [0.25, 0.3) is 0 Å². The number of nitrogens with one attached hydrogen (secondary N) is 2. The van der Waals surface area contributed by atoms with Crippen molar-refractivity contribution in [3.8, 4) is 0 Å². The Kier molecular flexibility index (Phi) is 8.31. The van der Waals surface area contributed by atoms with Crippen LogP contribution in [-0.2, 0) is 16.0 Å². The van der Waals surface area contributed by atoms with Crippen molar-refractivity contribution in [2.45, 2.75) is 59.5 Å².